The van der Waals surface area contributed by atoms with E-state index < -0.39 is 18.5 Å². The topological polar surface area (TPSA) is 101 Å². The van der Waals surface area contributed by atoms with E-state index >= 15 is 0 Å². The van der Waals surface area contributed by atoms with E-state index in [-0.39, 0.29) is 34.9 Å². The second kappa shape index (κ2) is 10.5. The molecule has 7 nitrogen and oxygen atoms in total. The standard InChI is InChI=1S/C28H22N2O5/c1-19-25(32)22-14-8-15-23(27(22)35-26(19)20-10-4-2-5-11-20)28(33)34-18-24(31)30(17-9-16-29)21-12-6-3-7-13-21/h2-8,10-15H,9,17-18H2,1H3. The average Bonchev–Trinajstić information content (AvgIpc) is 2.90. The number of fused-ring (bicyclic) bond motifs is 1. The highest BCUT2D eigenvalue weighted by Gasteiger charge is 2.22. The molecular weight excluding hydrogens is 444 g/mol. The van der Waals surface area contributed by atoms with Gasteiger partial charge in [-0.25, -0.2) is 4.79 Å². The van der Waals surface area contributed by atoms with Crippen molar-refractivity contribution in [1.82, 2.24) is 0 Å². The van der Waals surface area contributed by atoms with E-state index in [0.29, 0.717) is 22.6 Å². The number of carbonyl (C=O) groups is 2. The van der Waals surface area contributed by atoms with Crippen LogP contribution in [0.25, 0.3) is 22.3 Å². The summed E-state index contributed by atoms with van der Waals surface area (Å²) >= 11 is 0. The molecule has 35 heavy (non-hydrogen) atoms. The van der Waals surface area contributed by atoms with Crippen molar-refractivity contribution >= 4 is 28.5 Å². The van der Waals surface area contributed by atoms with Gasteiger partial charge in [0.1, 0.15) is 11.3 Å². The molecule has 7 heteroatoms. The molecule has 1 heterocycles. The smallest absolute Gasteiger partial charge is 0.342 e. The van der Waals surface area contributed by atoms with Crippen LogP contribution in [0.5, 0.6) is 0 Å². The Kier molecular flexibility index (Phi) is 7.03. The SMILES string of the molecule is Cc1c(-c2ccccc2)oc2c(C(=O)OCC(=O)N(CCC#N)c3ccccc3)cccc2c1=O. The zero-order valence-corrected chi connectivity index (χ0v) is 19.1. The summed E-state index contributed by atoms with van der Waals surface area (Å²) in [5.41, 5.74) is 1.64. The molecule has 0 atom stereocenters. The number of benzene rings is 3. The molecule has 0 fully saturated rings. The number of hydrogen-bond acceptors (Lipinski definition) is 6. The summed E-state index contributed by atoms with van der Waals surface area (Å²) in [7, 11) is 0. The van der Waals surface area contributed by atoms with Crippen LogP contribution < -0.4 is 10.3 Å². The molecule has 0 bridgehead atoms. The number of para-hydroxylation sites is 2. The van der Waals surface area contributed by atoms with Gasteiger partial charge < -0.3 is 14.1 Å². The number of nitrogens with zero attached hydrogens (tertiary/aromatic N) is 2. The lowest BCUT2D eigenvalue weighted by Crippen LogP contribution is -2.35. The summed E-state index contributed by atoms with van der Waals surface area (Å²) in [5, 5.41) is 9.20. The highest BCUT2D eigenvalue weighted by molar-refractivity contribution is 6.03. The number of esters is 1. The molecule has 3 aromatic carbocycles. The van der Waals surface area contributed by atoms with Gasteiger partial charge in [-0.05, 0) is 31.2 Å². The Morgan fingerprint density at radius 3 is 2.34 bits per heavy atom. The predicted octanol–water partition coefficient (Wildman–Crippen LogP) is 4.87. The lowest BCUT2D eigenvalue weighted by atomic mass is 10.0. The minimum atomic E-state index is -0.789. The third-order valence-electron chi connectivity index (χ3n) is 5.54. The lowest BCUT2D eigenvalue weighted by molar-refractivity contribution is -0.121. The van der Waals surface area contributed by atoms with Gasteiger partial charge in [0.05, 0.1) is 17.9 Å². The van der Waals surface area contributed by atoms with E-state index in [2.05, 4.69) is 0 Å². The molecule has 0 radical (unpaired) electrons. The van der Waals surface area contributed by atoms with Gasteiger partial charge in [-0.2, -0.15) is 5.26 Å². The Balaban J connectivity index is 1.62. The Morgan fingerprint density at radius 2 is 1.66 bits per heavy atom. The zero-order valence-electron chi connectivity index (χ0n) is 19.1. The number of rotatable bonds is 7. The largest absolute Gasteiger partial charge is 0.455 e. The van der Waals surface area contributed by atoms with Crippen molar-refractivity contribution in [3.05, 3.63) is 100 Å². The third kappa shape index (κ3) is 4.97. The molecular formula is C28H22N2O5. The van der Waals surface area contributed by atoms with Gasteiger partial charge in [-0.1, -0.05) is 54.6 Å². The summed E-state index contributed by atoms with van der Waals surface area (Å²) < 4.78 is 11.4. The second-order valence-corrected chi connectivity index (χ2v) is 7.80. The van der Waals surface area contributed by atoms with E-state index in [1.807, 2.05) is 42.5 Å². The minimum Gasteiger partial charge on any atom is -0.455 e. The number of ether oxygens (including phenoxy) is 1. The van der Waals surface area contributed by atoms with Crippen molar-refractivity contribution in [2.45, 2.75) is 13.3 Å². The van der Waals surface area contributed by atoms with Crippen molar-refractivity contribution in [3.8, 4) is 17.4 Å². The van der Waals surface area contributed by atoms with Crippen molar-refractivity contribution in [2.75, 3.05) is 18.1 Å². The molecule has 0 saturated heterocycles. The number of nitriles is 1. The van der Waals surface area contributed by atoms with Crippen LogP contribution in [0.1, 0.15) is 22.3 Å². The molecule has 0 N–H and O–H groups in total. The van der Waals surface area contributed by atoms with Crippen LogP contribution in [0.15, 0.2) is 88.1 Å². The summed E-state index contributed by atoms with van der Waals surface area (Å²) in [4.78, 5) is 40.2. The molecule has 1 aromatic heterocycles. The van der Waals surface area contributed by atoms with E-state index in [9.17, 15) is 14.4 Å². The average molecular weight is 466 g/mol. The molecule has 174 valence electrons. The second-order valence-electron chi connectivity index (χ2n) is 7.80. The highest BCUT2D eigenvalue weighted by Crippen LogP contribution is 2.27. The molecule has 0 unspecified atom stereocenters. The lowest BCUT2D eigenvalue weighted by Gasteiger charge is -2.21. The van der Waals surface area contributed by atoms with Crippen molar-refractivity contribution in [2.24, 2.45) is 0 Å². The van der Waals surface area contributed by atoms with Crippen molar-refractivity contribution < 1.29 is 18.7 Å². The fraction of sp³-hybridized carbons (Fsp3) is 0.143. The maximum absolute atomic E-state index is 13.0. The summed E-state index contributed by atoms with van der Waals surface area (Å²) in [6.07, 6.45) is 0.130. The Morgan fingerprint density at radius 1 is 0.971 bits per heavy atom. The van der Waals surface area contributed by atoms with E-state index in [1.54, 1.807) is 43.3 Å². The monoisotopic (exact) mass is 466 g/mol. The summed E-state index contributed by atoms with van der Waals surface area (Å²) in [6.45, 7) is 1.31. The number of carbonyl (C=O) groups excluding carboxylic acids is 2. The maximum Gasteiger partial charge on any atom is 0.342 e. The molecule has 0 aliphatic carbocycles. The molecule has 4 rings (SSSR count). The number of hydrogen-bond donors (Lipinski definition) is 0. The fourth-order valence-corrected chi connectivity index (χ4v) is 3.79. The van der Waals surface area contributed by atoms with Gasteiger partial charge >= 0.3 is 5.97 Å². The van der Waals surface area contributed by atoms with E-state index in [1.165, 1.54) is 11.0 Å². The van der Waals surface area contributed by atoms with Crippen molar-refractivity contribution in [3.63, 3.8) is 0 Å². The quantitative estimate of drug-likeness (QED) is 0.360. The molecule has 0 saturated carbocycles. The molecule has 1 amide bonds. The maximum atomic E-state index is 13.0. The fourth-order valence-electron chi connectivity index (χ4n) is 3.79. The summed E-state index contributed by atoms with van der Waals surface area (Å²) in [5.74, 6) is -0.892. The van der Waals surface area contributed by atoms with Gasteiger partial charge in [0.25, 0.3) is 5.91 Å². The Bertz CT molecular complexity index is 1470. The Labute approximate surface area is 201 Å². The number of amides is 1. The number of anilines is 1. The van der Waals surface area contributed by atoms with E-state index in [4.69, 9.17) is 14.4 Å². The van der Waals surface area contributed by atoms with E-state index in [0.717, 1.165) is 0 Å². The van der Waals surface area contributed by atoms with Crippen LogP contribution in [-0.2, 0) is 9.53 Å². The minimum absolute atomic E-state index is 0.0490. The first-order valence-corrected chi connectivity index (χ1v) is 11.0. The van der Waals surface area contributed by atoms with Crippen LogP contribution in [0.3, 0.4) is 0 Å². The Hall–Kier alpha value is -4.70. The molecule has 4 aromatic rings. The molecule has 0 aliphatic rings. The van der Waals surface area contributed by atoms with Gasteiger partial charge in [-0.3, -0.25) is 9.59 Å². The van der Waals surface area contributed by atoms with Gasteiger partial charge in [0.2, 0.25) is 0 Å². The normalized spacial score (nSPS) is 10.5. The third-order valence-corrected chi connectivity index (χ3v) is 5.54. The van der Waals surface area contributed by atoms with Crippen LogP contribution in [0.4, 0.5) is 5.69 Å². The predicted molar refractivity (Wildman–Crippen MR) is 132 cm³/mol. The van der Waals surface area contributed by atoms with Crippen LogP contribution in [-0.4, -0.2) is 25.0 Å². The van der Waals surface area contributed by atoms with Gasteiger partial charge in [0, 0.05) is 23.4 Å². The van der Waals surface area contributed by atoms with Crippen LogP contribution in [0.2, 0.25) is 0 Å². The summed E-state index contributed by atoms with van der Waals surface area (Å²) in [6, 6.07) is 24.7. The first-order valence-electron chi connectivity index (χ1n) is 11.0. The first kappa shape index (κ1) is 23.5. The van der Waals surface area contributed by atoms with Crippen LogP contribution >= 0.6 is 0 Å². The molecule has 0 spiro atoms. The van der Waals surface area contributed by atoms with Gasteiger partial charge in [-0.15, -0.1) is 0 Å². The van der Waals surface area contributed by atoms with Gasteiger partial charge in [0.15, 0.2) is 17.6 Å². The molecule has 0 aliphatic heterocycles. The first-order chi connectivity index (χ1) is 17.0. The van der Waals surface area contributed by atoms with Crippen molar-refractivity contribution in [1.29, 1.82) is 5.26 Å². The zero-order chi connectivity index (χ0) is 24.8. The van der Waals surface area contributed by atoms with Crippen LogP contribution in [0, 0.1) is 18.3 Å². The highest BCUT2D eigenvalue weighted by atomic mass is 16.5.